The van der Waals surface area contributed by atoms with Gasteiger partial charge in [0.15, 0.2) is 0 Å². The summed E-state index contributed by atoms with van der Waals surface area (Å²) in [5, 5.41) is 2.96. The summed E-state index contributed by atoms with van der Waals surface area (Å²) in [6.07, 6.45) is -2.87. The van der Waals surface area contributed by atoms with Crippen LogP contribution in [0.25, 0.3) is 0 Å². The first-order chi connectivity index (χ1) is 12.0. The monoisotopic (exact) mass is 401 g/mol. The summed E-state index contributed by atoms with van der Waals surface area (Å²) in [5.41, 5.74) is -2.78. The number of anilines is 1. The second kappa shape index (κ2) is 10.3. The first-order valence-corrected chi connectivity index (χ1v) is 9.74. The lowest BCUT2D eigenvalue weighted by Crippen LogP contribution is -2.12. The lowest BCUT2D eigenvalue weighted by molar-refractivity contribution is -0.143. The van der Waals surface area contributed by atoms with Crippen molar-refractivity contribution in [3.8, 4) is 0 Å². The molecule has 0 fully saturated rings. The maximum absolute atomic E-state index is 12.8. The average Bonchev–Trinajstić information content (AvgIpc) is 2.53. The molecule has 1 rings (SSSR count). The zero-order chi connectivity index (χ0) is 19.8. The van der Waals surface area contributed by atoms with Gasteiger partial charge >= 0.3 is 12.4 Å². The molecular weight excluding hydrogens is 376 g/mol. The van der Waals surface area contributed by atoms with E-state index in [0.29, 0.717) is 12.1 Å². The van der Waals surface area contributed by atoms with Gasteiger partial charge < -0.3 is 5.32 Å². The van der Waals surface area contributed by atoms with E-state index < -0.39 is 23.5 Å². The zero-order valence-electron chi connectivity index (χ0n) is 14.9. The number of thioether (sulfide) groups is 1. The van der Waals surface area contributed by atoms with Crippen LogP contribution < -0.4 is 5.32 Å². The van der Waals surface area contributed by atoms with Gasteiger partial charge in [0.1, 0.15) is 0 Å². The number of hydrogen-bond acceptors (Lipinski definition) is 2. The van der Waals surface area contributed by atoms with Gasteiger partial charge in [-0.3, -0.25) is 0 Å². The highest BCUT2D eigenvalue weighted by atomic mass is 32.2. The molecule has 0 saturated heterocycles. The van der Waals surface area contributed by atoms with Crippen molar-refractivity contribution in [3.05, 3.63) is 29.3 Å². The maximum atomic E-state index is 12.8. The van der Waals surface area contributed by atoms with Crippen LogP contribution in [0.4, 0.5) is 32.0 Å². The summed E-state index contributed by atoms with van der Waals surface area (Å²) in [5.74, 6) is 0.259. The number of nitrogens with one attached hydrogen (secondary N) is 1. The van der Waals surface area contributed by atoms with Gasteiger partial charge in [0, 0.05) is 10.9 Å². The number of unbranched alkanes of at least 4 members (excludes halogenated alkanes) is 4. The van der Waals surface area contributed by atoms with E-state index in [1.54, 1.807) is 0 Å². The number of alkyl halides is 6. The van der Waals surface area contributed by atoms with E-state index in [9.17, 15) is 26.3 Å². The van der Waals surface area contributed by atoms with E-state index in [1.165, 1.54) is 31.0 Å². The highest BCUT2D eigenvalue weighted by molar-refractivity contribution is 7.99. The molecule has 0 bridgehead atoms. The standard InChI is InChI=1S/C18H25F6NS/c1-3-4-5-6-7-8-13(2)26-12-25-16-10-14(17(19,20)21)9-15(11-16)18(22,23)24/h9-11,13,25H,3-8,12H2,1-2H3/t13-/m0/s1. The molecule has 0 aromatic heterocycles. The molecule has 1 nitrogen and oxygen atoms in total. The fourth-order valence-electron chi connectivity index (χ4n) is 2.44. The minimum Gasteiger partial charge on any atom is -0.376 e. The quantitative estimate of drug-likeness (QED) is 0.246. The minimum absolute atomic E-state index is 0.136. The first-order valence-electron chi connectivity index (χ1n) is 8.69. The van der Waals surface area contributed by atoms with Crippen LogP contribution >= 0.6 is 11.8 Å². The van der Waals surface area contributed by atoms with Gasteiger partial charge in [0.25, 0.3) is 0 Å². The Kier molecular flexibility index (Phi) is 9.13. The van der Waals surface area contributed by atoms with Gasteiger partial charge in [0.2, 0.25) is 0 Å². The molecular formula is C18H25F6NS. The van der Waals surface area contributed by atoms with Crippen LogP contribution in [0.15, 0.2) is 18.2 Å². The molecule has 0 aliphatic carbocycles. The van der Waals surface area contributed by atoms with Crippen molar-refractivity contribution >= 4 is 17.4 Å². The van der Waals surface area contributed by atoms with Gasteiger partial charge in [-0.05, 0) is 24.6 Å². The zero-order valence-corrected chi connectivity index (χ0v) is 15.8. The fraction of sp³-hybridized carbons (Fsp3) is 0.667. The molecule has 0 saturated carbocycles. The van der Waals surface area contributed by atoms with E-state index in [2.05, 4.69) is 12.2 Å². The lowest BCUT2D eigenvalue weighted by Gasteiger charge is -2.16. The van der Waals surface area contributed by atoms with Gasteiger partial charge in [0.05, 0.1) is 17.0 Å². The van der Waals surface area contributed by atoms with Gasteiger partial charge in [-0.25, -0.2) is 0 Å². The molecule has 26 heavy (non-hydrogen) atoms. The Balaban J connectivity index is 2.58. The molecule has 1 aromatic carbocycles. The summed E-state index contributed by atoms with van der Waals surface area (Å²) >= 11 is 1.49. The average molecular weight is 401 g/mol. The van der Waals surface area contributed by atoms with Crippen LogP contribution in [-0.2, 0) is 12.4 Å². The Labute approximate surface area is 154 Å². The summed E-state index contributed by atoms with van der Waals surface area (Å²) in [6.45, 7) is 4.15. The van der Waals surface area contributed by atoms with Crippen LogP contribution in [0.3, 0.4) is 0 Å². The third-order valence-electron chi connectivity index (χ3n) is 3.95. The molecule has 0 radical (unpaired) electrons. The molecule has 150 valence electrons. The first kappa shape index (κ1) is 23.0. The van der Waals surface area contributed by atoms with E-state index in [4.69, 9.17) is 0 Å². The Morgan fingerprint density at radius 2 is 1.42 bits per heavy atom. The Bertz CT molecular complexity index is 509. The molecule has 1 N–H and O–H groups in total. The molecule has 0 unspecified atom stereocenters. The molecule has 0 aliphatic rings. The third kappa shape index (κ3) is 8.56. The SMILES string of the molecule is CCCCCCC[C@H](C)SCNc1cc(C(F)(F)F)cc(C(F)(F)F)c1. The third-order valence-corrected chi connectivity index (χ3v) is 5.06. The van der Waals surface area contributed by atoms with Crippen LogP contribution in [0.5, 0.6) is 0 Å². The second-order valence-corrected chi connectivity index (χ2v) is 7.72. The molecule has 0 aliphatic heterocycles. The van der Waals surface area contributed by atoms with Crippen LogP contribution in [0, 0.1) is 0 Å². The number of halogens is 6. The molecule has 1 atom stereocenters. The summed E-state index contributed by atoms with van der Waals surface area (Å²) in [6, 6.07) is 1.56. The molecule has 0 amide bonds. The highest BCUT2D eigenvalue weighted by Gasteiger charge is 2.36. The van der Waals surface area contributed by atoms with Crippen molar-refractivity contribution in [2.45, 2.75) is 70.0 Å². The van der Waals surface area contributed by atoms with Gasteiger partial charge in [-0.2, -0.15) is 26.3 Å². The van der Waals surface area contributed by atoms with Crippen LogP contribution in [-0.4, -0.2) is 11.1 Å². The van der Waals surface area contributed by atoms with Gasteiger partial charge in [-0.15, -0.1) is 11.8 Å². The van der Waals surface area contributed by atoms with E-state index in [1.807, 2.05) is 6.92 Å². The summed E-state index contributed by atoms with van der Waals surface area (Å²) in [4.78, 5) is 0. The number of benzene rings is 1. The predicted molar refractivity (Wildman–Crippen MR) is 95.4 cm³/mol. The highest BCUT2D eigenvalue weighted by Crippen LogP contribution is 2.37. The van der Waals surface area contributed by atoms with Crippen molar-refractivity contribution in [2.75, 3.05) is 11.2 Å². The van der Waals surface area contributed by atoms with Crippen molar-refractivity contribution in [3.63, 3.8) is 0 Å². The fourth-order valence-corrected chi connectivity index (χ4v) is 3.31. The molecule has 1 aromatic rings. The number of hydrogen-bond donors (Lipinski definition) is 1. The van der Waals surface area contributed by atoms with Crippen LogP contribution in [0.1, 0.15) is 63.5 Å². The Hall–Kier alpha value is -1.05. The summed E-state index contributed by atoms with van der Waals surface area (Å²) in [7, 11) is 0. The Morgan fingerprint density at radius 1 is 0.885 bits per heavy atom. The van der Waals surface area contributed by atoms with Crippen LogP contribution in [0.2, 0.25) is 0 Å². The van der Waals surface area contributed by atoms with Crippen molar-refractivity contribution < 1.29 is 26.3 Å². The van der Waals surface area contributed by atoms with Crippen molar-refractivity contribution in [1.29, 1.82) is 0 Å². The van der Waals surface area contributed by atoms with E-state index in [0.717, 1.165) is 19.3 Å². The largest absolute Gasteiger partial charge is 0.416 e. The molecule has 0 spiro atoms. The molecule has 8 heteroatoms. The summed E-state index contributed by atoms with van der Waals surface area (Å²) < 4.78 is 76.9. The van der Waals surface area contributed by atoms with E-state index >= 15 is 0 Å². The maximum Gasteiger partial charge on any atom is 0.416 e. The predicted octanol–water partition coefficient (Wildman–Crippen LogP) is 7.58. The Morgan fingerprint density at radius 3 is 1.92 bits per heavy atom. The van der Waals surface area contributed by atoms with E-state index in [-0.39, 0.29) is 22.9 Å². The van der Waals surface area contributed by atoms with Crippen molar-refractivity contribution in [1.82, 2.24) is 0 Å². The normalized spacial score (nSPS) is 13.7. The van der Waals surface area contributed by atoms with Gasteiger partial charge in [-0.1, -0.05) is 46.0 Å². The smallest absolute Gasteiger partial charge is 0.376 e. The topological polar surface area (TPSA) is 12.0 Å². The minimum atomic E-state index is -4.82. The molecule has 0 heterocycles. The lowest BCUT2D eigenvalue weighted by atomic mass is 10.1. The second-order valence-electron chi connectivity index (χ2n) is 6.30. The van der Waals surface area contributed by atoms with Crippen molar-refractivity contribution in [2.24, 2.45) is 0 Å². The number of rotatable bonds is 10.